The number of furan rings is 1. The van der Waals surface area contributed by atoms with Gasteiger partial charge in [-0.05, 0) is 24.6 Å². The molecule has 1 aromatic carbocycles. The minimum Gasteiger partial charge on any atom is -0.468 e. The summed E-state index contributed by atoms with van der Waals surface area (Å²) in [6.45, 7) is 3.73. The van der Waals surface area contributed by atoms with E-state index < -0.39 is 0 Å². The molecule has 0 amide bonds. The minimum atomic E-state index is 0.289. The topological polar surface area (TPSA) is 43.0 Å². The van der Waals surface area contributed by atoms with E-state index in [-0.39, 0.29) is 6.04 Å². The summed E-state index contributed by atoms with van der Waals surface area (Å²) < 4.78 is 7.30. The number of rotatable bonds is 6. The van der Waals surface area contributed by atoms with Gasteiger partial charge in [0.2, 0.25) is 0 Å². The lowest BCUT2D eigenvalue weighted by atomic mass is 10.1. The molecule has 1 atom stereocenters. The minimum absolute atomic E-state index is 0.289. The average Bonchev–Trinajstić information content (AvgIpc) is 3.20. The lowest BCUT2D eigenvalue weighted by Crippen LogP contribution is -2.23. The molecule has 21 heavy (non-hydrogen) atoms. The van der Waals surface area contributed by atoms with Crippen LogP contribution in [0.1, 0.15) is 18.7 Å². The van der Waals surface area contributed by atoms with Crippen molar-refractivity contribution in [3.8, 4) is 11.1 Å². The molecule has 1 unspecified atom stereocenters. The molecule has 108 valence electrons. The van der Waals surface area contributed by atoms with Crippen LogP contribution in [-0.4, -0.2) is 16.3 Å². The molecule has 0 saturated carbocycles. The van der Waals surface area contributed by atoms with Crippen molar-refractivity contribution in [1.29, 1.82) is 0 Å². The predicted octanol–water partition coefficient (Wildman–Crippen LogP) is 3.49. The normalized spacial score (nSPS) is 12.4. The van der Waals surface area contributed by atoms with Crippen LogP contribution in [0, 0.1) is 0 Å². The van der Waals surface area contributed by atoms with Gasteiger partial charge < -0.3 is 9.73 Å². The van der Waals surface area contributed by atoms with Crippen molar-refractivity contribution < 1.29 is 4.42 Å². The maximum Gasteiger partial charge on any atom is 0.117 e. The zero-order valence-electron chi connectivity index (χ0n) is 12.1. The Morgan fingerprint density at radius 1 is 1.14 bits per heavy atom. The Morgan fingerprint density at radius 2 is 2.00 bits per heavy atom. The Labute approximate surface area is 124 Å². The van der Waals surface area contributed by atoms with Gasteiger partial charge in [-0.1, -0.05) is 30.3 Å². The van der Waals surface area contributed by atoms with Gasteiger partial charge in [0.1, 0.15) is 5.76 Å². The summed E-state index contributed by atoms with van der Waals surface area (Å²) >= 11 is 0. The summed E-state index contributed by atoms with van der Waals surface area (Å²) in [5, 5.41) is 7.84. The molecule has 0 aliphatic heterocycles. The summed E-state index contributed by atoms with van der Waals surface area (Å²) in [6, 6.07) is 14.5. The second-order valence-electron chi connectivity index (χ2n) is 5.13. The van der Waals surface area contributed by atoms with E-state index in [1.807, 2.05) is 41.2 Å². The van der Waals surface area contributed by atoms with Gasteiger partial charge >= 0.3 is 0 Å². The van der Waals surface area contributed by atoms with E-state index in [2.05, 4.69) is 35.7 Å². The lowest BCUT2D eigenvalue weighted by Gasteiger charge is -2.12. The Bertz CT molecular complexity index is 658. The van der Waals surface area contributed by atoms with Crippen molar-refractivity contribution in [2.24, 2.45) is 0 Å². The maximum absolute atomic E-state index is 5.30. The third-order valence-electron chi connectivity index (χ3n) is 3.48. The number of nitrogens with zero attached hydrogens (tertiary/aromatic N) is 2. The highest BCUT2D eigenvalue weighted by molar-refractivity contribution is 5.61. The van der Waals surface area contributed by atoms with Gasteiger partial charge in [0.25, 0.3) is 0 Å². The van der Waals surface area contributed by atoms with E-state index in [0.717, 1.165) is 24.4 Å². The molecule has 3 aromatic rings. The first-order chi connectivity index (χ1) is 10.3. The van der Waals surface area contributed by atoms with Crippen molar-refractivity contribution in [2.75, 3.05) is 6.54 Å². The number of benzene rings is 1. The molecule has 0 bridgehead atoms. The van der Waals surface area contributed by atoms with Crippen LogP contribution < -0.4 is 5.32 Å². The molecule has 0 spiro atoms. The van der Waals surface area contributed by atoms with Gasteiger partial charge in [-0.25, -0.2) is 0 Å². The van der Waals surface area contributed by atoms with Gasteiger partial charge in [0, 0.05) is 18.3 Å². The van der Waals surface area contributed by atoms with E-state index >= 15 is 0 Å². The Balaban J connectivity index is 1.58. The van der Waals surface area contributed by atoms with E-state index in [1.165, 1.54) is 5.56 Å². The molecule has 0 fully saturated rings. The Kier molecular flexibility index (Phi) is 4.17. The third-order valence-corrected chi connectivity index (χ3v) is 3.48. The first-order valence-electron chi connectivity index (χ1n) is 7.15. The molecular weight excluding hydrogens is 262 g/mol. The van der Waals surface area contributed by atoms with Gasteiger partial charge in [0.15, 0.2) is 0 Å². The van der Waals surface area contributed by atoms with Crippen molar-refractivity contribution in [3.05, 3.63) is 66.9 Å². The molecular formula is C17H19N3O. The average molecular weight is 281 g/mol. The fraction of sp³-hybridized carbons (Fsp3) is 0.235. The van der Waals surface area contributed by atoms with Crippen molar-refractivity contribution in [3.63, 3.8) is 0 Å². The number of nitrogens with one attached hydrogen (secondary N) is 1. The monoisotopic (exact) mass is 281 g/mol. The van der Waals surface area contributed by atoms with Gasteiger partial charge in [-0.15, -0.1) is 0 Å². The summed E-state index contributed by atoms with van der Waals surface area (Å²) in [5.41, 5.74) is 2.34. The molecule has 0 aliphatic rings. The number of aromatic nitrogens is 2. The Morgan fingerprint density at radius 3 is 2.76 bits per heavy atom. The van der Waals surface area contributed by atoms with E-state index in [0.29, 0.717) is 0 Å². The zero-order chi connectivity index (χ0) is 14.5. The maximum atomic E-state index is 5.30. The molecule has 2 aromatic heterocycles. The highest BCUT2D eigenvalue weighted by Crippen LogP contribution is 2.19. The van der Waals surface area contributed by atoms with Gasteiger partial charge in [-0.3, -0.25) is 4.68 Å². The van der Waals surface area contributed by atoms with Crippen LogP contribution in [0.5, 0.6) is 0 Å². The summed E-state index contributed by atoms with van der Waals surface area (Å²) in [5.74, 6) is 0.952. The summed E-state index contributed by atoms with van der Waals surface area (Å²) in [7, 11) is 0. The smallest absolute Gasteiger partial charge is 0.117 e. The molecule has 1 N–H and O–H groups in total. The van der Waals surface area contributed by atoms with Crippen molar-refractivity contribution in [1.82, 2.24) is 15.1 Å². The van der Waals surface area contributed by atoms with Crippen LogP contribution in [0.15, 0.2) is 65.5 Å². The molecule has 0 radical (unpaired) electrons. The van der Waals surface area contributed by atoms with E-state index in [4.69, 9.17) is 4.42 Å². The van der Waals surface area contributed by atoms with Crippen LogP contribution in [0.3, 0.4) is 0 Å². The summed E-state index contributed by atoms with van der Waals surface area (Å²) in [4.78, 5) is 0. The predicted molar refractivity (Wildman–Crippen MR) is 82.8 cm³/mol. The molecule has 4 heteroatoms. The largest absolute Gasteiger partial charge is 0.468 e. The molecule has 0 saturated heterocycles. The number of hydrogen-bond donors (Lipinski definition) is 1. The van der Waals surface area contributed by atoms with Crippen LogP contribution in [0.25, 0.3) is 11.1 Å². The SMILES string of the molecule is CC(CNCc1ccco1)n1cc(-c2ccccc2)cn1. The fourth-order valence-electron chi connectivity index (χ4n) is 2.27. The highest BCUT2D eigenvalue weighted by Gasteiger charge is 2.07. The fourth-order valence-corrected chi connectivity index (χ4v) is 2.27. The lowest BCUT2D eigenvalue weighted by molar-refractivity contribution is 0.427. The van der Waals surface area contributed by atoms with Crippen molar-refractivity contribution in [2.45, 2.75) is 19.5 Å². The first-order valence-corrected chi connectivity index (χ1v) is 7.15. The van der Waals surface area contributed by atoms with Crippen LogP contribution in [0.2, 0.25) is 0 Å². The third kappa shape index (κ3) is 3.41. The standard InChI is InChI=1S/C17H19N3O/c1-14(10-18-12-17-8-5-9-21-17)20-13-16(11-19-20)15-6-3-2-4-7-15/h2-9,11,13-14,18H,10,12H2,1H3. The molecule has 0 aliphatic carbocycles. The molecule has 4 nitrogen and oxygen atoms in total. The van der Waals surface area contributed by atoms with Gasteiger partial charge in [0.05, 0.1) is 25.0 Å². The van der Waals surface area contributed by atoms with E-state index in [9.17, 15) is 0 Å². The van der Waals surface area contributed by atoms with Crippen LogP contribution >= 0.6 is 0 Å². The second kappa shape index (κ2) is 6.41. The van der Waals surface area contributed by atoms with Gasteiger partial charge in [-0.2, -0.15) is 5.10 Å². The van der Waals surface area contributed by atoms with Crippen LogP contribution in [0.4, 0.5) is 0 Å². The number of hydrogen-bond acceptors (Lipinski definition) is 3. The zero-order valence-corrected chi connectivity index (χ0v) is 12.1. The summed E-state index contributed by atoms with van der Waals surface area (Å²) in [6.07, 6.45) is 5.70. The molecule has 3 rings (SSSR count). The second-order valence-corrected chi connectivity index (χ2v) is 5.13. The first kappa shape index (κ1) is 13.6. The van der Waals surface area contributed by atoms with Crippen LogP contribution in [-0.2, 0) is 6.54 Å². The Hall–Kier alpha value is -2.33. The quantitative estimate of drug-likeness (QED) is 0.752. The molecule has 2 heterocycles. The highest BCUT2D eigenvalue weighted by atomic mass is 16.3. The van der Waals surface area contributed by atoms with E-state index in [1.54, 1.807) is 6.26 Å². The van der Waals surface area contributed by atoms with Crippen molar-refractivity contribution >= 4 is 0 Å².